The zero-order valence-electron chi connectivity index (χ0n) is 17.1. The van der Waals surface area contributed by atoms with E-state index in [1.165, 1.54) is 5.56 Å². The Hall–Kier alpha value is -2.82. The molecule has 0 atom stereocenters. The van der Waals surface area contributed by atoms with Crippen LogP contribution in [0, 0.1) is 5.92 Å². The minimum absolute atomic E-state index is 0.0545. The van der Waals surface area contributed by atoms with Crippen molar-refractivity contribution in [3.05, 3.63) is 59.7 Å². The summed E-state index contributed by atoms with van der Waals surface area (Å²) in [5.74, 6) is 0.828. The lowest BCUT2D eigenvalue weighted by Crippen LogP contribution is -2.39. The molecule has 1 fully saturated rings. The highest BCUT2D eigenvalue weighted by molar-refractivity contribution is 5.98. The molecular weight excluding hydrogens is 362 g/mol. The van der Waals surface area contributed by atoms with Crippen LogP contribution in [-0.4, -0.2) is 42.9 Å². The van der Waals surface area contributed by atoms with Gasteiger partial charge in [0.15, 0.2) is 0 Å². The van der Waals surface area contributed by atoms with Crippen molar-refractivity contribution in [2.45, 2.75) is 32.6 Å². The molecule has 2 aromatic carbocycles. The number of carbonyl (C=O) groups is 2. The number of hydrogen-bond acceptors (Lipinski definition) is 3. The van der Waals surface area contributed by atoms with E-state index < -0.39 is 0 Å². The molecule has 2 aromatic rings. The number of rotatable bonds is 4. The highest BCUT2D eigenvalue weighted by Crippen LogP contribution is 2.27. The second-order valence-corrected chi connectivity index (χ2v) is 8.19. The molecule has 152 valence electrons. The summed E-state index contributed by atoms with van der Waals surface area (Å²) in [7, 11) is 0. The number of piperidine rings is 1. The summed E-state index contributed by atoms with van der Waals surface area (Å²) in [5.41, 5.74) is 3.74. The van der Waals surface area contributed by atoms with Gasteiger partial charge in [-0.05, 0) is 61.4 Å². The fraction of sp³-hybridized carbons (Fsp3) is 0.417. The zero-order chi connectivity index (χ0) is 20.2. The van der Waals surface area contributed by atoms with Gasteiger partial charge in [-0.25, -0.2) is 0 Å². The van der Waals surface area contributed by atoms with Crippen molar-refractivity contribution in [1.82, 2.24) is 4.90 Å². The largest absolute Gasteiger partial charge is 0.376 e. The highest BCUT2D eigenvalue weighted by atomic mass is 16.2. The first-order chi connectivity index (χ1) is 14.1. The zero-order valence-corrected chi connectivity index (χ0v) is 17.1. The quantitative estimate of drug-likeness (QED) is 0.859. The van der Waals surface area contributed by atoms with Crippen molar-refractivity contribution in [2.24, 2.45) is 5.92 Å². The smallest absolute Gasteiger partial charge is 0.253 e. The standard InChI is InChI=1S/C24H29N3O2/c1-18-11-14-26(15-12-18)24(29)20-7-4-9-21(16-20)25-17-23(28)27-13-5-8-19-6-2-3-10-22(19)27/h2-4,6-7,9-10,16,18,25H,5,8,11-15,17H2,1H3. The summed E-state index contributed by atoms with van der Waals surface area (Å²) in [5, 5.41) is 3.22. The minimum Gasteiger partial charge on any atom is -0.376 e. The van der Waals surface area contributed by atoms with E-state index in [1.807, 2.05) is 52.3 Å². The van der Waals surface area contributed by atoms with E-state index in [2.05, 4.69) is 18.3 Å². The van der Waals surface area contributed by atoms with E-state index in [0.29, 0.717) is 11.5 Å². The molecule has 0 spiro atoms. The predicted molar refractivity (Wildman–Crippen MR) is 116 cm³/mol. The molecule has 29 heavy (non-hydrogen) atoms. The second-order valence-electron chi connectivity index (χ2n) is 8.19. The Labute approximate surface area is 172 Å². The number of hydrogen-bond donors (Lipinski definition) is 1. The topological polar surface area (TPSA) is 52.7 Å². The number of likely N-dealkylation sites (tertiary alicyclic amines) is 1. The molecule has 0 aliphatic carbocycles. The predicted octanol–water partition coefficient (Wildman–Crippen LogP) is 3.95. The third kappa shape index (κ3) is 4.44. The maximum absolute atomic E-state index is 12.8. The summed E-state index contributed by atoms with van der Waals surface area (Å²) in [6.07, 6.45) is 4.14. The van der Waals surface area contributed by atoms with Gasteiger partial charge in [-0.3, -0.25) is 9.59 Å². The van der Waals surface area contributed by atoms with Gasteiger partial charge >= 0.3 is 0 Å². The van der Waals surface area contributed by atoms with Crippen molar-refractivity contribution in [3.63, 3.8) is 0 Å². The average molecular weight is 392 g/mol. The maximum Gasteiger partial charge on any atom is 0.253 e. The van der Waals surface area contributed by atoms with Gasteiger partial charge in [0, 0.05) is 36.6 Å². The molecule has 2 aliphatic heterocycles. The fourth-order valence-electron chi connectivity index (χ4n) is 4.22. The van der Waals surface area contributed by atoms with Crippen LogP contribution >= 0.6 is 0 Å². The first kappa shape index (κ1) is 19.5. The summed E-state index contributed by atoms with van der Waals surface area (Å²) >= 11 is 0. The third-order valence-corrected chi connectivity index (χ3v) is 6.04. The van der Waals surface area contributed by atoms with E-state index in [9.17, 15) is 9.59 Å². The van der Waals surface area contributed by atoms with Crippen LogP contribution in [0.5, 0.6) is 0 Å². The molecule has 0 unspecified atom stereocenters. The SMILES string of the molecule is CC1CCN(C(=O)c2cccc(NCC(=O)N3CCCc4ccccc43)c2)CC1. The van der Waals surface area contributed by atoms with Crippen LogP contribution in [0.2, 0.25) is 0 Å². The van der Waals surface area contributed by atoms with E-state index in [1.54, 1.807) is 0 Å². The normalized spacial score (nSPS) is 17.0. The Morgan fingerprint density at radius 1 is 1.03 bits per heavy atom. The Balaban J connectivity index is 1.39. The lowest BCUT2D eigenvalue weighted by molar-refractivity contribution is -0.117. The number of fused-ring (bicyclic) bond motifs is 1. The van der Waals surface area contributed by atoms with Crippen molar-refractivity contribution in [1.29, 1.82) is 0 Å². The number of benzene rings is 2. The number of carbonyl (C=O) groups excluding carboxylic acids is 2. The van der Waals surface area contributed by atoms with Crippen LogP contribution in [0.4, 0.5) is 11.4 Å². The van der Waals surface area contributed by atoms with Gasteiger partial charge in [0.25, 0.3) is 5.91 Å². The molecule has 0 saturated carbocycles. The number of anilines is 2. The number of aryl methyl sites for hydroxylation is 1. The first-order valence-electron chi connectivity index (χ1n) is 10.6. The van der Waals surface area contributed by atoms with Gasteiger partial charge in [-0.2, -0.15) is 0 Å². The van der Waals surface area contributed by atoms with Crippen LogP contribution in [0.25, 0.3) is 0 Å². The molecule has 0 radical (unpaired) electrons. The summed E-state index contributed by atoms with van der Waals surface area (Å²) in [6, 6.07) is 15.6. The fourth-order valence-corrected chi connectivity index (χ4v) is 4.22. The number of nitrogens with zero attached hydrogens (tertiary/aromatic N) is 2. The molecule has 2 amide bonds. The van der Waals surface area contributed by atoms with Gasteiger partial charge in [0.1, 0.15) is 0 Å². The van der Waals surface area contributed by atoms with Gasteiger partial charge in [-0.15, -0.1) is 0 Å². The van der Waals surface area contributed by atoms with E-state index >= 15 is 0 Å². The Morgan fingerprint density at radius 3 is 2.66 bits per heavy atom. The van der Waals surface area contributed by atoms with Crippen LogP contribution in [0.3, 0.4) is 0 Å². The Morgan fingerprint density at radius 2 is 1.83 bits per heavy atom. The molecule has 5 heteroatoms. The lowest BCUT2D eigenvalue weighted by atomic mass is 9.98. The van der Waals surface area contributed by atoms with Crippen molar-refractivity contribution < 1.29 is 9.59 Å². The van der Waals surface area contributed by atoms with Gasteiger partial charge in [0.2, 0.25) is 5.91 Å². The lowest BCUT2D eigenvalue weighted by Gasteiger charge is -2.30. The van der Waals surface area contributed by atoms with Crippen LogP contribution < -0.4 is 10.2 Å². The van der Waals surface area contributed by atoms with Gasteiger partial charge in [0.05, 0.1) is 6.54 Å². The number of nitrogens with one attached hydrogen (secondary N) is 1. The maximum atomic E-state index is 12.8. The van der Waals surface area contributed by atoms with E-state index in [0.717, 1.165) is 56.7 Å². The Kier molecular flexibility index (Phi) is 5.84. The number of para-hydroxylation sites is 1. The molecule has 2 aliphatic rings. The summed E-state index contributed by atoms with van der Waals surface area (Å²) in [6.45, 7) is 4.86. The van der Waals surface area contributed by atoms with Gasteiger partial charge in [-0.1, -0.05) is 31.2 Å². The van der Waals surface area contributed by atoms with Crippen LogP contribution in [0.15, 0.2) is 48.5 Å². The molecule has 1 N–H and O–H groups in total. The number of amides is 2. The highest BCUT2D eigenvalue weighted by Gasteiger charge is 2.23. The van der Waals surface area contributed by atoms with Crippen molar-refractivity contribution in [3.8, 4) is 0 Å². The molecular formula is C24H29N3O2. The summed E-state index contributed by atoms with van der Waals surface area (Å²) in [4.78, 5) is 29.4. The second kappa shape index (κ2) is 8.68. The van der Waals surface area contributed by atoms with Crippen molar-refractivity contribution in [2.75, 3.05) is 36.4 Å². The monoisotopic (exact) mass is 391 g/mol. The van der Waals surface area contributed by atoms with Crippen LogP contribution in [-0.2, 0) is 11.2 Å². The molecule has 4 rings (SSSR count). The Bertz CT molecular complexity index is 887. The summed E-state index contributed by atoms with van der Waals surface area (Å²) < 4.78 is 0. The van der Waals surface area contributed by atoms with E-state index in [-0.39, 0.29) is 18.4 Å². The molecule has 0 bridgehead atoms. The molecule has 1 saturated heterocycles. The minimum atomic E-state index is 0.0545. The van der Waals surface area contributed by atoms with Crippen molar-refractivity contribution >= 4 is 23.2 Å². The average Bonchev–Trinajstić information content (AvgIpc) is 2.77. The first-order valence-corrected chi connectivity index (χ1v) is 10.6. The van der Waals surface area contributed by atoms with Crippen LogP contribution in [0.1, 0.15) is 42.1 Å². The molecule has 5 nitrogen and oxygen atoms in total. The van der Waals surface area contributed by atoms with Gasteiger partial charge < -0.3 is 15.1 Å². The molecule has 2 heterocycles. The third-order valence-electron chi connectivity index (χ3n) is 6.04. The molecule has 0 aromatic heterocycles. The van der Waals surface area contributed by atoms with E-state index in [4.69, 9.17) is 0 Å².